The summed E-state index contributed by atoms with van der Waals surface area (Å²) in [7, 11) is 0. The minimum Gasteiger partial charge on any atom is -0.461 e. The van der Waals surface area contributed by atoms with Gasteiger partial charge in [0.25, 0.3) is 5.91 Å². The summed E-state index contributed by atoms with van der Waals surface area (Å²) >= 11 is 0. The van der Waals surface area contributed by atoms with Gasteiger partial charge in [-0.15, -0.1) is 0 Å². The van der Waals surface area contributed by atoms with E-state index in [-0.39, 0.29) is 29.5 Å². The third-order valence-electron chi connectivity index (χ3n) is 7.69. The van der Waals surface area contributed by atoms with E-state index in [2.05, 4.69) is 5.10 Å². The highest BCUT2D eigenvalue weighted by Crippen LogP contribution is 2.54. The third-order valence-corrected chi connectivity index (χ3v) is 7.69. The summed E-state index contributed by atoms with van der Waals surface area (Å²) in [5, 5.41) is 4.67. The van der Waals surface area contributed by atoms with Crippen LogP contribution in [-0.2, 0) is 14.9 Å². The van der Waals surface area contributed by atoms with Crippen LogP contribution in [0.5, 0.6) is 0 Å². The first-order chi connectivity index (χ1) is 17.9. The highest BCUT2D eigenvalue weighted by molar-refractivity contribution is 6.10. The molecule has 6 rings (SSSR count). The van der Waals surface area contributed by atoms with Gasteiger partial charge < -0.3 is 14.5 Å². The van der Waals surface area contributed by atoms with Gasteiger partial charge in [0.05, 0.1) is 12.3 Å². The highest BCUT2D eigenvalue weighted by Gasteiger charge is 2.56. The van der Waals surface area contributed by atoms with Gasteiger partial charge in [-0.2, -0.15) is 5.10 Å². The molecule has 2 amide bonds. The third kappa shape index (κ3) is 3.91. The summed E-state index contributed by atoms with van der Waals surface area (Å²) < 4.78 is 6.96. The molecule has 1 saturated heterocycles. The van der Waals surface area contributed by atoms with E-state index in [1.807, 2.05) is 60.4 Å². The molecule has 1 saturated carbocycles. The van der Waals surface area contributed by atoms with Gasteiger partial charge in [-0.1, -0.05) is 12.1 Å². The molecule has 3 aromatic rings. The molecule has 1 aliphatic carbocycles. The molecule has 0 radical (unpaired) electrons. The van der Waals surface area contributed by atoms with E-state index in [4.69, 9.17) is 4.74 Å². The number of esters is 1. The Morgan fingerprint density at radius 3 is 2.38 bits per heavy atom. The van der Waals surface area contributed by atoms with Gasteiger partial charge in [-0.05, 0) is 81.5 Å². The largest absolute Gasteiger partial charge is 0.461 e. The Labute approximate surface area is 215 Å². The number of anilines is 2. The molecule has 0 N–H and O–H groups in total. The van der Waals surface area contributed by atoms with Crippen LogP contribution in [0.2, 0.25) is 0 Å². The zero-order valence-corrected chi connectivity index (χ0v) is 21.2. The number of hydrogen-bond donors (Lipinski definition) is 0. The summed E-state index contributed by atoms with van der Waals surface area (Å²) in [4.78, 5) is 43.0. The van der Waals surface area contributed by atoms with Gasteiger partial charge in [0, 0.05) is 41.9 Å². The molecule has 3 heterocycles. The van der Waals surface area contributed by atoms with E-state index in [1.165, 1.54) is 0 Å². The Kier molecular flexibility index (Phi) is 5.62. The fourth-order valence-corrected chi connectivity index (χ4v) is 5.65. The Morgan fingerprint density at radius 2 is 1.73 bits per heavy atom. The molecule has 8 heteroatoms. The van der Waals surface area contributed by atoms with Crippen molar-refractivity contribution in [2.75, 3.05) is 29.5 Å². The van der Waals surface area contributed by atoms with Gasteiger partial charge in [-0.3, -0.25) is 9.59 Å². The lowest BCUT2D eigenvalue weighted by Gasteiger charge is -2.34. The van der Waals surface area contributed by atoms with Gasteiger partial charge in [0.1, 0.15) is 5.69 Å². The number of hydrogen-bond acceptors (Lipinski definition) is 5. The van der Waals surface area contributed by atoms with Crippen molar-refractivity contribution in [3.8, 4) is 5.69 Å². The van der Waals surface area contributed by atoms with Crippen LogP contribution in [0.25, 0.3) is 5.69 Å². The zero-order chi connectivity index (χ0) is 25.7. The summed E-state index contributed by atoms with van der Waals surface area (Å²) in [5.41, 5.74) is 4.44. The predicted octanol–water partition coefficient (Wildman–Crippen LogP) is 4.57. The van der Waals surface area contributed by atoms with E-state index in [9.17, 15) is 14.4 Å². The summed E-state index contributed by atoms with van der Waals surface area (Å²) in [6.45, 7) is 5.19. The number of piperidine rings is 1. The summed E-state index contributed by atoms with van der Waals surface area (Å²) in [5.74, 6) is -0.546. The van der Waals surface area contributed by atoms with Crippen molar-refractivity contribution in [2.45, 2.75) is 51.4 Å². The number of rotatable bonds is 5. The second kappa shape index (κ2) is 8.87. The number of aromatic nitrogens is 2. The molecule has 1 aromatic heterocycles. The summed E-state index contributed by atoms with van der Waals surface area (Å²) in [6.07, 6.45) is 4.24. The lowest BCUT2D eigenvalue weighted by Crippen LogP contribution is -2.44. The zero-order valence-electron chi connectivity index (χ0n) is 21.2. The quantitative estimate of drug-likeness (QED) is 0.481. The first-order valence-electron chi connectivity index (χ1n) is 13.0. The number of carbonyl (C=O) groups excluding carboxylic acids is 3. The van der Waals surface area contributed by atoms with Crippen molar-refractivity contribution in [2.24, 2.45) is 0 Å². The number of aryl methyl sites for hydroxylation is 1. The molecule has 3 aliphatic rings. The number of amides is 2. The Morgan fingerprint density at radius 1 is 1.00 bits per heavy atom. The molecular formula is C29H30N4O4. The molecule has 2 aromatic carbocycles. The van der Waals surface area contributed by atoms with E-state index in [1.54, 1.807) is 16.5 Å². The Balaban J connectivity index is 1.43. The van der Waals surface area contributed by atoms with Crippen LogP contribution in [0.3, 0.4) is 0 Å². The topological polar surface area (TPSA) is 84.7 Å². The molecule has 8 nitrogen and oxygen atoms in total. The van der Waals surface area contributed by atoms with Crippen molar-refractivity contribution in [1.82, 2.24) is 9.78 Å². The average molecular weight is 499 g/mol. The van der Waals surface area contributed by atoms with Crippen LogP contribution >= 0.6 is 0 Å². The van der Waals surface area contributed by atoms with Gasteiger partial charge >= 0.3 is 5.97 Å². The molecule has 190 valence electrons. The molecule has 2 aliphatic heterocycles. The number of carbonyl (C=O) groups is 3. The van der Waals surface area contributed by atoms with Crippen molar-refractivity contribution >= 4 is 29.2 Å². The Hall–Kier alpha value is -3.94. The smallest absolute Gasteiger partial charge is 0.359 e. The monoisotopic (exact) mass is 498 g/mol. The van der Waals surface area contributed by atoms with Crippen LogP contribution in [0.4, 0.5) is 11.4 Å². The SMILES string of the molecule is CCOC(=O)c1nn(-c2cccc(C)c2)c2c1C1(CC1)CN(c1ccc(N3CCCCC3=O)cc1)C2=O. The average Bonchev–Trinajstić information content (AvgIpc) is 3.54. The Bertz CT molecular complexity index is 1400. The molecule has 2 fully saturated rings. The fourth-order valence-electron chi connectivity index (χ4n) is 5.65. The standard InChI is InChI=1S/C29H30N4O4/c1-3-37-28(36)25-24-26(33(30-25)22-8-6-7-19(2)17-22)27(35)32(18-29(24)14-15-29)21-12-10-20(11-13-21)31-16-5-4-9-23(31)34/h6-8,10-13,17H,3-5,9,14-16,18H2,1-2H3. The number of fused-ring (bicyclic) bond motifs is 2. The first kappa shape index (κ1) is 23.5. The highest BCUT2D eigenvalue weighted by atomic mass is 16.5. The molecule has 0 unspecified atom stereocenters. The normalized spacial score (nSPS) is 18.2. The minimum absolute atomic E-state index is 0.142. The lowest BCUT2D eigenvalue weighted by atomic mass is 9.88. The van der Waals surface area contributed by atoms with Crippen molar-refractivity contribution in [3.05, 3.63) is 71.0 Å². The second-order valence-electron chi connectivity index (χ2n) is 10.2. The van der Waals surface area contributed by atoms with Crippen molar-refractivity contribution in [3.63, 3.8) is 0 Å². The number of ether oxygens (including phenoxy) is 1. The van der Waals surface area contributed by atoms with Gasteiger partial charge in [0.15, 0.2) is 5.69 Å². The van der Waals surface area contributed by atoms with E-state index in [0.29, 0.717) is 24.2 Å². The number of nitrogens with zero attached hydrogens (tertiary/aromatic N) is 4. The van der Waals surface area contributed by atoms with Crippen LogP contribution in [0.1, 0.15) is 71.1 Å². The summed E-state index contributed by atoms with van der Waals surface area (Å²) in [6, 6.07) is 15.4. The van der Waals surface area contributed by atoms with Gasteiger partial charge in [0.2, 0.25) is 5.91 Å². The predicted molar refractivity (Wildman–Crippen MR) is 139 cm³/mol. The van der Waals surface area contributed by atoms with E-state index >= 15 is 0 Å². The minimum atomic E-state index is -0.492. The maximum atomic E-state index is 14.1. The van der Waals surface area contributed by atoms with Crippen LogP contribution in [-0.4, -0.2) is 47.3 Å². The lowest BCUT2D eigenvalue weighted by molar-refractivity contribution is -0.119. The van der Waals surface area contributed by atoms with Crippen molar-refractivity contribution < 1.29 is 19.1 Å². The molecular weight excluding hydrogens is 468 g/mol. The maximum Gasteiger partial charge on any atom is 0.359 e. The van der Waals surface area contributed by atoms with Crippen LogP contribution < -0.4 is 9.80 Å². The number of benzene rings is 2. The van der Waals surface area contributed by atoms with E-state index in [0.717, 1.165) is 54.9 Å². The molecule has 0 atom stereocenters. The first-order valence-corrected chi connectivity index (χ1v) is 13.0. The fraction of sp³-hybridized carbons (Fsp3) is 0.379. The molecule has 37 heavy (non-hydrogen) atoms. The van der Waals surface area contributed by atoms with Crippen LogP contribution in [0.15, 0.2) is 48.5 Å². The van der Waals surface area contributed by atoms with Crippen LogP contribution in [0, 0.1) is 6.92 Å². The second-order valence-corrected chi connectivity index (χ2v) is 10.2. The van der Waals surface area contributed by atoms with Crippen molar-refractivity contribution in [1.29, 1.82) is 0 Å². The maximum absolute atomic E-state index is 14.1. The molecule has 1 spiro atoms. The van der Waals surface area contributed by atoms with E-state index < -0.39 is 5.97 Å². The van der Waals surface area contributed by atoms with Gasteiger partial charge in [-0.25, -0.2) is 9.48 Å². The molecule has 0 bridgehead atoms.